The van der Waals surface area contributed by atoms with Gasteiger partial charge >= 0.3 is 0 Å². The van der Waals surface area contributed by atoms with Crippen LogP contribution in [0.1, 0.15) is 26.5 Å². The molecule has 0 saturated heterocycles. The minimum Gasteiger partial charge on any atom is -0.323 e. The summed E-state index contributed by atoms with van der Waals surface area (Å²) in [6.07, 6.45) is 3.80. The molecular weight excluding hydrogens is 247 g/mol. The lowest BCUT2D eigenvalue weighted by Gasteiger charge is -2.09. The summed E-state index contributed by atoms with van der Waals surface area (Å²) in [7, 11) is 0. The Hall–Kier alpha value is -2.56. The number of allylic oxidation sites excluding steroid dienone is 2. The summed E-state index contributed by atoms with van der Waals surface area (Å²) in [6, 6.07) is 6.30. The molecule has 1 aromatic carbocycles. The standard InChI is InChI=1S/C14H9FN2O2/c15-10-4-2-1-3-9(10)7-17-8-16-13-11(18)5-6-12(19)14(13)17/h1-6,8H,7H2. The molecule has 0 unspecified atom stereocenters. The highest BCUT2D eigenvalue weighted by Crippen LogP contribution is 2.18. The molecule has 0 spiro atoms. The Kier molecular flexibility index (Phi) is 2.59. The van der Waals surface area contributed by atoms with Crippen molar-refractivity contribution in [1.29, 1.82) is 0 Å². The van der Waals surface area contributed by atoms with E-state index in [1.165, 1.54) is 29.1 Å². The molecule has 94 valence electrons. The van der Waals surface area contributed by atoms with Crippen LogP contribution >= 0.6 is 0 Å². The molecule has 2 aromatic rings. The first-order valence-corrected chi connectivity index (χ1v) is 5.72. The smallest absolute Gasteiger partial charge is 0.206 e. The third-order valence-electron chi connectivity index (χ3n) is 2.99. The average molecular weight is 256 g/mol. The van der Waals surface area contributed by atoms with Crippen LogP contribution in [-0.4, -0.2) is 21.1 Å². The summed E-state index contributed by atoms with van der Waals surface area (Å²) < 4.78 is 15.1. The normalized spacial score (nSPS) is 13.7. The molecule has 3 rings (SSSR count). The molecular formula is C14H9FN2O2. The van der Waals surface area contributed by atoms with Gasteiger partial charge in [-0.05, 0) is 18.2 Å². The highest BCUT2D eigenvalue weighted by Gasteiger charge is 2.25. The van der Waals surface area contributed by atoms with Crippen LogP contribution in [0.5, 0.6) is 0 Å². The van der Waals surface area contributed by atoms with Gasteiger partial charge in [0.15, 0.2) is 0 Å². The Labute approximate surface area is 108 Å². The van der Waals surface area contributed by atoms with Crippen LogP contribution in [0.4, 0.5) is 4.39 Å². The average Bonchev–Trinajstić information content (AvgIpc) is 2.82. The fourth-order valence-corrected chi connectivity index (χ4v) is 2.06. The van der Waals surface area contributed by atoms with E-state index in [1.54, 1.807) is 18.2 Å². The first-order valence-electron chi connectivity index (χ1n) is 5.72. The van der Waals surface area contributed by atoms with Crippen molar-refractivity contribution in [2.45, 2.75) is 6.54 Å². The predicted octanol–water partition coefficient (Wildman–Crippen LogP) is 2.01. The fourth-order valence-electron chi connectivity index (χ4n) is 2.06. The van der Waals surface area contributed by atoms with E-state index in [4.69, 9.17) is 0 Å². The number of halogens is 1. The van der Waals surface area contributed by atoms with Gasteiger partial charge in [-0.3, -0.25) is 9.59 Å². The first-order chi connectivity index (χ1) is 9.16. The van der Waals surface area contributed by atoms with Gasteiger partial charge in [-0.15, -0.1) is 0 Å². The van der Waals surface area contributed by atoms with E-state index in [0.29, 0.717) is 5.56 Å². The number of fused-ring (bicyclic) bond motifs is 1. The second-order valence-corrected chi connectivity index (χ2v) is 4.22. The molecule has 0 aliphatic heterocycles. The van der Waals surface area contributed by atoms with Crippen molar-refractivity contribution in [2.75, 3.05) is 0 Å². The predicted molar refractivity (Wildman–Crippen MR) is 65.5 cm³/mol. The molecule has 0 amide bonds. The molecule has 4 nitrogen and oxygen atoms in total. The number of imidazole rings is 1. The second-order valence-electron chi connectivity index (χ2n) is 4.22. The zero-order chi connectivity index (χ0) is 13.4. The maximum absolute atomic E-state index is 13.6. The molecule has 0 saturated carbocycles. The van der Waals surface area contributed by atoms with Crippen molar-refractivity contribution in [3.8, 4) is 0 Å². The van der Waals surface area contributed by atoms with Crippen LogP contribution in [0.15, 0.2) is 42.7 Å². The third-order valence-corrected chi connectivity index (χ3v) is 2.99. The van der Waals surface area contributed by atoms with Gasteiger partial charge in [0.05, 0.1) is 12.9 Å². The minimum absolute atomic E-state index is 0.129. The summed E-state index contributed by atoms with van der Waals surface area (Å²) in [4.78, 5) is 27.3. The number of nitrogens with zero attached hydrogens (tertiary/aromatic N) is 2. The number of carbonyl (C=O) groups is 2. The van der Waals surface area contributed by atoms with Gasteiger partial charge in [-0.2, -0.15) is 0 Å². The van der Waals surface area contributed by atoms with Crippen LogP contribution in [0.3, 0.4) is 0 Å². The lowest BCUT2D eigenvalue weighted by molar-refractivity contribution is 0.0986. The summed E-state index contributed by atoms with van der Waals surface area (Å²) in [5.41, 5.74) is 0.789. The quantitative estimate of drug-likeness (QED) is 0.825. The largest absolute Gasteiger partial charge is 0.323 e. The van der Waals surface area contributed by atoms with Crippen LogP contribution in [0.2, 0.25) is 0 Å². The van der Waals surface area contributed by atoms with E-state index >= 15 is 0 Å². The van der Waals surface area contributed by atoms with Gasteiger partial charge in [-0.25, -0.2) is 9.37 Å². The van der Waals surface area contributed by atoms with Crippen molar-refractivity contribution in [1.82, 2.24) is 9.55 Å². The van der Waals surface area contributed by atoms with Crippen molar-refractivity contribution in [3.05, 3.63) is 65.5 Å². The summed E-state index contributed by atoms with van der Waals surface area (Å²) >= 11 is 0. The summed E-state index contributed by atoms with van der Waals surface area (Å²) in [5.74, 6) is -0.944. The van der Waals surface area contributed by atoms with Crippen LogP contribution < -0.4 is 0 Å². The van der Waals surface area contributed by atoms with Crippen molar-refractivity contribution in [3.63, 3.8) is 0 Å². The topological polar surface area (TPSA) is 52.0 Å². The van der Waals surface area contributed by atoms with Gasteiger partial charge in [0.25, 0.3) is 0 Å². The molecule has 1 heterocycles. The monoisotopic (exact) mass is 256 g/mol. The molecule has 1 aliphatic carbocycles. The van der Waals surface area contributed by atoms with E-state index in [9.17, 15) is 14.0 Å². The number of hydrogen-bond acceptors (Lipinski definition) is 3. The van der Waals surface area contributed by atoms with Crippen molar-refractivity contribution >= 4 is 11.6 Å². The summed E-state index contributed by atoms with van der Waals surface area (Å²) in [6.45, 7) is 0.169. The minimum atomic E-state index is -0.352. The molecule has 0 bridgehead atoms. The summed E-state index contributed by atoms with van der Waals surface area (Å²) in [5, 5.41) is 0. The Balaban J connectivity index is 2.03. The number of benzene rings is 1. The lowest BCUT2D eigenvalue weighted by atomic mass is 10.1. The number of carbonyl (C=O) groups excluding carboxylic acids is 2. The molecule has 0 fully saturated rings. The number of rotatable bonds is 2. The molecule has 1 aromatic heterocycles. The zero-order valence-corrected chi connectivity index (χ0v) is 9.84. The third kappa shape index (κ3) is 1.89. The number of hydrogen-bond donors (Lipinski definition) is 0. The van der Waals surface area contributed by atoms with Crippen molar-refractivity contribution < 1.29 is 14.0 Å². The van der Waals surface area contributed by atoms with E-state index < -0.39 is 0 Å². The number of ketones is 2. The highest BCUT2D eigenvalue weighted by atomic mass is 19.1. The van der Waals surface area contributed by atoms with E-state index in [-0.39, 0.29) is 35.3 Å². The number of aromatic nitrogens is 2. The van der Waals surface area contributed by atoms with Crippen LogP contribution in [0.25, 0.3) is 0 Å². The zero-order valence-electron chi connectivity index (χ0n) is 9.84. The fraction of sp³-hybridized carbons (Fsp3) is 0.0714. The van der Waals surface area contributed by atoms with Gasteiger partial charge in [0.2, 0.25) is 11.6 Å². The maximum Gasteiger partial charge on any atom is 0.206 e. The molecule has 1 aliphatic rings. The lowest BCUT2D eigenvalue weighted by Crippen LogP contribution is -2.16. The molecule has 0 radical (unpaired) electrons. The molecule has 0 atom stereocenters. The Morgan fingerprint density at radius 1 is 1.11 bits per heavy atom. The maximum atomic E-state index is 13.6. The Morgan fingerprint density at radius 3 is 2.63 bits per heavy atom. The van der Waals surface area contributed by atoms with Gasteiger partial charge in [0, 0.05) is 5.56 Å². The van der Waals surface area contributed by atoms with E-state index in [1.807, 2.05) is 0 Å². The highest BCUT2D eigenvalue weighted by molar-refractivity contribution is 6.20. The molecule has 0 N–H and O–H groups in total. The van der Waals surface area contributed by atoms with Gasteiger partial charge in [-0.1, -0.05) is 18.2 Å². The van der Waals surface area contributed by atoms with Gasteiger partial charge in [0.1, 0.15) is 17.2 Å². The van der Waals surface area contributed by atoms with Crippen molar-refractivity contribution in [2.24, 2.45) is 0 Å². The molecule has 19 heavy (non-hydrogen) atoms. The first kappa shape index (κ1) is 11.5. The van der Waals surface area contributed by atoms with E-state index in [0.717, 1.165) is 0 Å². The second kappa shape index (κ2) is 4.28. The molecule has 5 heteroatoms. The Morgan fingerprint density at radius 2 is 1.84 bits per heavy atom. The van der Waals surface area contributed by atoms with Crippen LogP contribution in [0, 0.1) is 5.82 Å². The Bertz CT molecular complexity index is 716. The van der Waals surface area contributed by atoms with Gasteiger partial charge < -0.3 is 4.57 Å². The SMILES string of the molecule is O=C1C=CC(=O)c2c1ncn2Cc1ccccc1F. The van der Waals surface area contributed by atoms with Crippen LogP contribution in [-0.2, 0) is 6.54 Å². The van der Waals surface area contributed by atoms with E-state index in [2.05, 4.69) is 4.98 Å².